The summed E-state index contributed by atoms with van der Waals surface area (Å²) in [4.78, 5) is 15.1. The normalized spacial score (nSPS) is 18.9. The van der Waals surface area contributed by atoms with E-state index >= 15 is 0 Å². The fraction of sp³-hybridized carbons (Fsp3) is 0.533. The number of aliphatic carboxylic acids is 1. The molecule has 20 heavy (non-hydrogen) atoms. The number of rotatable bonds is 6. The van der Waals surface area contributed by atoms with Gasteiger partial charge in [-0.05, 0) is 5.56 Å². The number of benzene rings is 1. The molecule has 0 saturated carbocycles. The molecule has 110 valence electrons. The van der Waals surface area contributed by atoms with Crippen molar-refractivity contribution in [3.63, 3.8) is 0 Å². The maximum Gasteiger partial charge on any atom is 0.317 e. The number of carboxylic acid groups (broad SMARTS) is 1. The number of nitrogens with zero attached hydrogens (tertiary/aromatic N) is 2. The number of hydrogen-bond donors (Lipinski definition) is 1. The largest absolute Gasteiger partial charge is 0.480 e. The van der Waals surface area contributed by atoms with E-state index in [9.17, 15) is 4.79 Å². The van der Waals surface area contributed by atoms with E-state index in [-0.39, 0.29) is 12.6 Å². The number of methoxy groups -OCH3 is 1. The van der Waals surface area contributed by atoms with Crippen molar-refractivity contribution in [2.45, 2.75) is 6.04 Å². The maximum atomic E-state index is 10.7. The van der Waals surface area contributed by atoms with Crippen LogP contribution >= 0.6 is 0 Å². The monoisotopic (exact) mass is 278 g/mol. The predicted molar refractivity (Wildman–Crippen MR) is 76.7 cm³/mol. The summed E-state index contributed by atoms with van der Waals surface area (Å²) in [5.74, 6) is -0.755. The molecule has 1 heterocycles. The zero-order valence-electron chi connectivity index (χ0n) is 11.9. The van der Waals surface area contributed by atoms with Crippen LogP contribution in [0.1, 0.15) is 11.6 Å². The van der Waals surface area contributed by atoms with Crippen LogP contribution in [0.3, 0.4) is 0 Å². The van der Waals surface area contributed by atoms with Crippen molar-refractivity contribution in [1.82, 2.24) is 9.80 Å². The molecule has 0 radical (unpaired) electrons. The first-order valence-electron chi connectivity index (χ1n) is 6.93. The molecule has 1 aromatic carbocycles. The minimum absolute atomic E-state index is 0.133. The van der Waals surface area contributed by atoms with Crippen molar-refractivity contribution in [3.05, 3.63) is 35.9 Å². The van der Waals surface area contributed by atoms with Gasteiger partial charge in [-0.1, -0.05) is 30.3 Å². The van der Waals surface area contributed by atoms with Crippen LogP contribution in [0.25, 0.3) is 0 Å². The van der Waals surface area contributed by atoms with E-state index < -0.39 is 5.97 Å². The van der Waals surface area contributed by atoms with Gasteiger partial charge in [-0.2, -0.15) is 0 Å². The summed E-state index contributed by atoms with van der Waals surface area (Å²) < 4.78 is 5.35. The van der Waals surface area contributed by atoms with E-state index in [2.05, 4.69) is 17.0 Å². The first-order valence-corrected chi connectivity index (χ1v) is 6.93. The van der Waals surface area contributed by atoms with Gasteiger partial charge >= 0.3 is 5.97 Å². The van der Waals surface area contributed by atoms with Crippen molar-refractivity contribution in [1.29, 1.82) is 0 Å². The number of ether oxygens (including phenoxy) is 1. The van der Waals surface area contributed by atoms with Crippen LogP contribution in [0.4, 0.5) is 0 Å². The first-order chi connectivity index (χ1) is 9.70. The van der Waals surface area contributed by atoms with Gasteiger partial charge in [0, 0.05) is 33.3 Å². The number of piperazine rings is 1. The van der Waals surface area contributed by atoms with Crippen LogP contribution in [0, 0.1) is 0 Å². The van der Waals surface area contributed by atoms with Gasteiger partial charge in [0.15, 0.2) is 0 Å². The van der Waals surface area contributed by atoms with Gasteiger partial charge < -0.3 is 9.84 Å². The number of hydrogen-bond acceptors (Lipinski definition) is 4. The molecule has 0 amide bonds. The fourth-order valence-electron chi connectivity index (χ4n) is 2.67. The lowest BCUT2D eigenvalue weighted by Gasteiger charge is -2.38. The van der Waals surface area contributed by atoms with E-state index in [1.165, 1.54) is 5.56 Å². The van der Waals surface area contributed by atoms with Gasteiger partial charge in [-0.3, -0.25) is 14.6 Å². The predicted octanol–water partition coefficient (Wildman–Crippen LogP) is 1.08. The van der Waals surface area contributed by atoms with Crippen molar-refractivity contribution < 1.29 is 14.6 Å². The number of carbonyl (C=O) groups is 1. The fourth-order valence-corrected chi connectivity index (χ4v) is 2.67. The summed E-state index contributed by atoms with van der Waals surface area (Å²) in [7, 11) is 1.72. The second-order valence-electron chi connectivity index (χ2n) is 5.09. The molecular formula is C15H22N2O3. The average molecular weight is 278 g/mol. The van der Waals surface area contributed by atoms with Gasteiger partial charge in [-0.25, -0.2) is 0 Å². The molecule has 1 aliphatic heterocycles. The summed E-state index contributed by atoms with van der Waals surface area (Å²) in [6, 6.07) is 10.6. The van der Waals surface area contributed by atoms with E-state index in [0.29, 0.717) is 6.61 Å². The average Bonchev–Trinajstić information content (AvgIpc) is 2.46. The van der Waals surface area contributed by atoms with Crippen LogP contribution < -0.4 is 0 Å². The molecule has 1 atom stereocenters. The molecule has 0 bridgehead atoms. The summed E-state index contributed by atoms with van der Waals surface area (Å²) in [6.07, 6.45) is 0. The van der Waals surface area contributed by atoms with E-state index in [0.717, 1.165) is 26.2 Å². The smallest absolute Gasteiger partial charge is 0.317 e. The summed E-state index contributed by atoms with van der Waals surface area (Å²) in [6.45, 7) is 4.11. The Kier molecular flexibility index (Phi) is 5.52. The Morgan fingerprint density at radius 1 is 1.25 bits per heavy atom. The second-order valence-corrected chi connectivity index (χ2v) is 5.09. The Balaban J connectivity index is 1.97. The molecule has 2 rings (SSSR count). The lowest BCUT2D eigenvalue weighted by atomic mass is 10.1. The highest BCUT2D eigenvalue weighted by Gasteiger charge is 2.25. The third kappa shape index (κ3) is 4.03. The van der Waals surface area contributed by atoms with E-state index in [1.807, 2.05) is 23.1 Å². The van der Waals surface area contributed by atoms with Crippen LogP contribution in [-0.4, -0.2) is 67.3 Å². The Morgan fingerprint density at radius 3 is 2.45 bits per heavy atom. The Bertz CT molecular complexity index is 416. The third-order valence-corrected chi connectivity index (χ3v) is 3.72. The summed E-state index contributed by atoms with van der Waals surface area (Å²) in [5, 5.41) is 8.83. The van der Waals surface area contributed by atoms with Crippen LogP contribution in [0.15, 0.2) is 30.3 Å². The van der Waals surface area contributed by atoms with Crippen molar-refractivity contribution in [3.8, 4) is 0 Å². The molecule has 5 heteroatoms. The van der Waals surface area contributed by atoms with Gasteiger partial charge in [0.2, 0.25) is 0 Å². The molecule has 0 spiro atoms. The van der Waals surface area contributed by atoms with Crippen molar-refractivity contribution in [2.24, 2.45) is 0 Å². The minimum Gasteiger partial charge on any atom is -0.480 e. The van der Waals surface area contributed by atoms with E-state index in [4.69, 9.17) is 9.84 Å². The third-order valence-electron chi connectivity index (χ3n) is 3.72. The highest BCUT2D eigenvalue weighted by atomic mass is 16.5. The zero-order valence-corrected chi connectivity index (χ0v) is 11.9. The highest BCUT2D eigenvalue weighted by molar-refractivity contribution is 5.69. The Hall–Kier alpha value is -1.43. The quantitative estimate of drug-likeness (QED) is 0.844. The highest BCUT2D eigenvalue weighted by Crippen LogP contribution is 2.22. The SMILES string of the molecule is COCC(c1ccccc1)N1CCN(CC(=O)O)CC1. The minimum atomic E-state index is -0.755. The molecule has 0 aromatic heterocycles. The molecular weight excluding hydrogens is 256 g/mol. The van der Waals surface area contributed by atoms with Gasteiger partial charge in [-0.15, -0.1) is 0 Å². The molecule has 1 saturated heterocycles. The molecule has 5 nitrogen and oxygen atoms in total. The molecule has 1 unspecified atom stereocenters. The second kappa shape index (κ2) is 7.38. The van der Waals surface area contributed by atoms with Crippen LogP contribution in [0.2, 0.25) is 0 Å². The standard InChI is InChI=1S/C15H22N2O3/c1-20-12-14(13-5-3-2-4-6-13)17-9-7-16(8-10-17)11-15(18)19/h2-6,14H,7-12H2,1H3,(H,18,19). The zero-order chi connectivity index (χ0) is 14.4. The molecule has 1 N–H and O–H groups in total. The van der Waals surface area contributed by atoms with Crippen molar-refractivity contribution in [2.75, 3.05) is 46.4 Å². The maximum absolute atomic E-state index is 10.7. The van der Waals surface area contributed by atoms with Crippen molar-refractivity contribution >= 4 is 5.97 Å². The first kappa shape index (κ1) is 15.0. The molecule has 1 fully saturated rings. The molecule has 1 aliphatic rings. The summed E-state index contributed by atoms with van der Waals surface area (Å²) >= 11 is 0. The summed E-state index contributed by atoms with van der Waals surface area (Å²) in [5.41, 5.74) is 1.25. The van der Waals surface area contributed by atoms with Gasteiger partial charge in [0.25, 0.3) is 0 Å². The van der Waals surface area contributed by atoms with Crippen LogP contribution in [0.5, 0.6) is 0 Å². The van der Waals surface area contributed by atoms with E-state index in [1.54, 1.807) is 7.11 Å². The van der Waals surface area contributed by atoms with Gasteiger partial charge in [0.05, 0.1) is 19.2 Å². The lowest BCUT2D eigenvalue weighted by molar-refractivity contribution is -0.138. The molecule has 1 aromatic rings. The Morgan fingerprint density at radius 2 is 1.90 bits per heavy atom. The molecule has 0 aliphatic carbocycles. The number of carboxylic acids is 1. The Labute approximate surface area is 119 Å². The topological polar surface area (TPSA) is 53.0 Å². The van der Waals surface area contributed by atoms with Gasteiger partial charge in [0.1, 0.15) is 0 Å². The van der Waals surface area contributed by atoms with Crippen LogP contribution in [-0.2, 0) is 9.53 Å². The lowest BCUT2D eigenvalue weighted by Crippen LogP contribution is -2.49.